The number of carbonyl (C=O) groups is 1. The van der Waals surface area contributed by atoms with Gasteiger partial charge in [-0.1, -0.05) is 13.8 Å². The van der Waals surface area contributed by atoms with Crippen LogP contribution in [0.2, 0.25) is 0 Å². The van der Waals surface area contributed by atoms with E-state index in [1.165, 1.54) is 12.1 Å². The summed E-state index contributed by atoms with van der Waals surface area (Å²) in [5.74, 6) is -0.737. The third kappa shape index (κ3) is 4.06. The summed E-state index contributed by atoms with van der Waals surface area (Å²) in [5, 5.41) is 2.87. The molecular formula is C15H21F2N3O. The van der Waals surface area contributed by atoms with Gasteiger partial charge in [0.2, 0.25) is 0 Å². The lowest BCUT2D eigenvalue weighted by molar-refractivity contribution is 0.193. The lowest BCUT2D eigenvalue weighted by Crippen LogP contribution is -2.52. The number of rotatable bonds is 3. The van der Waals surface area contributed by atoms with E-state index in [9.17, 15) is 13.6 Å². The topological polar surface area (TPSA) is 35.6 Å². The van der Waals surface area contributed by atoms with Crippen LogP contribution in [0, 0.1) is 17.6 Å². The number of nitrogens with one attached hydrogen (secondary N) is 1. The molecule has 0 aliphatic carbocycles. The molecule has 0 atom stereocenters. The zero-order valence-corrected chi connectivity index (χ0v) is 12.4. The largest absolute Gasteiger partial charge is 0.366 e. The van der Waals surface area contributed by atoms with Crippen LogP contribution < -0.4 is 10.2 Å². The number of hydrogen-bond acceptors (Lipinski definition) is 2. The second-order valence-electron chi connectivity index (χ2n) is 5.65. The molecule has 1 fully saturated rings. The Morgan fingerprint density at radius 3 is 2.48 bits per heavy atom. The van der Waals surface area contributed by atoms with Crippen LogP contribution in [-0.4, -0.2) is 43.7 Å². The quantitative estimate of drug-likeness (QED) is 0.930. The van der Waals surface area contributed by atoms with Gasteiger partial charge in [-0.15, -0.1) is 0 Å². The lowest BCUT2D eigenvalue weighted by atomic mass is 10.2. The molecule has 1 saturated heterocycles. The Balaban J connectivity index is 1.89. The van der Waals surface area contributed by atoms with Crippen LogP contribution in [0.15, 0.2) is 18.2 Å². The fourth-order valence-electron chi connectivity index (χ4n) is 2.29. The minimum absolute atomic E-state index is 0.0806. The first-order chi connectivity index (χ1) is 9.97. The third-order valence-corrected chi connectivity index (χ3v) is 3.48. The monoisotopic (exact) mass is 297 g/mol. The Labute approximate surface area is 123 Å². The number of hydrogen-bond donors (Lipinski definition) is 1. The van der Waals surface area contributed by atoms with Crippen molar-refractivity contribution in [3.63, 3.8) is 0 Å². The number of anilines is 1. The van der Waals surface area contributed by atoms with Crippen LogP contribution in [0.5, 0.6) is 0 Å². The van der Waals surface area contributed by atoms with Gasteiger partial charge in [-0.2, -0.15) is 0 Å². The number of halogens is 2. The molecule has 1 heterocycles. The number of piperazine rings is 1. The molecule has 0 bridgehead atoms. The van der Waals surface area contributed by atoms with Crippen molar-refractivity contribution in [2.75, 3.05) is 37.6 Å². The van der Waals surface area contributed by atoms with Gasteiger partial charge in [0, 0.05) is 38.8 Å². The summed E-state index contributed by atoms with van der Waals surface area (Å²) >= 11 is 0. The predicted molar refractivity (Wildman–Crippen MR) is 78.4 cm³/mol. The van der Waals surface area contributed by atoms with Crippen molar-refractivity contribution in [2.24, 2.45) is 5.92 Å². The standard InChI is InChI=1S/C15H21F2N3O/c1-11(2)10-18-15(21)20-7-5-19(6-8-20)14-4-3-12(16)9-13(14)17/h3-4,9,11H,5-8,10H2,1-2H3,(H,18,21). The molecule has 4 nitrogen and oxygen atoms in total. The SMILES string of the molecule is CC(C)CNC(=O)N1CCN(c2ccc(F)cc2F)CC1. The highest BCUT2D eigenvalue weighted by Gasteiger charge is 2.22. The fraction of sp³-hybridized carbons (Fsp3) is 0.533. The highest BCUT2D eigenvalue weighted by Crippen LogP contribution is 2.21. The molecule has 2 amide bonds. The summed E-state index contributed by atoms with van der Waals surface area (Å²) in [6.07, 6.45) is 0. The molecule has 0 saturated carbocycles. The fourth-order valence-corrected chi connectivity index (χ4v) is 2.29. The highest BCUT2D eigenvalue weighted by atomic mass is 19.1. The van der Waals surface area contributed by atoms with Gasteiger partial charge in [0.05, 0.1) is 5.69 Å². The van der Waals surface area contributed by atoms with Gasteiger partial charge in [0.15, 0.2) is 0 Å². The molecular weight excluding hydrogens is 276 g/mol. The summed E-state index contributed by atoms with van der Waals surface area (Å²) in [6.45, 7) is 6.85. The summed E-state index contributed by atoms with van der Waals surface area (Å²) in [6, 6.07) is 3.50. The van der Waals surface area contributed by atoms with Crippen LogP contribution in [0.25, 0.3) is 0 Å². The highest BCUT2D eigenvalue weighted by molar-refractivity contribution is 5.74. The maximum Gasteiger partial charge on any atom is 0.317 e. The van der Waals surface area contributed by atoms with Crippen molar-refractivity contribution in [2.45, 2.75) is 13.8 Å². The van der Waals surface area contributed by atoms with Gasteiger partial charge < -0.3 is 15.1 Å². The van der Waals surface area contributed by atoms with E-state index >= 15 is 0 Å². The Bertz CT molecular complexity index is 500. The van der Waals surface area contributed by atoms with Crippen LogP contribution in [0.1, 0.15) is 13.8 Å². The first-order valence-corrected chi connectivity index (χ1v) is 7.20. The minimum atomic E-state index is -0.581. The van der Waals surface area contributed by atoms with E-state index < -0.39 is 11.6 Å². The molecule has 0 unspecified atom stereocenters. The van der Waals surface area contributed by atoms with Gasteiger partial charge in [-0.3, -0.25) is 0 Å². The van der Waals surface area contributed by atoms with E-state index in [-0.39, 0.29) is 6.03 Å². The summed E-state index contributed by atoms with van der Waals surface area (Å²) < 4.78 is 26.6. The van der Waals surface area contributed by atoms with Crippen LogP contribution >= 0.6 is 0 Å². The van der Waals surface area contributed by atoms with Gasteiger partial charge in [0.1, 0.15) is 11.6 Å². The Kier molecular flexibility index (Phi) is 4.98. The van der Waals surface area contributed by atoms with Crippen molar-refractivity contribution < 1.29 is 13.6 Å². The molecule has 6 heteroatoms. The Morgan fingerprint density at radius 1 is 1.24 bits per heavy atom. The number of nitrogens with zero attached hydrogens (tertiary/aromatic N) is 2. The molecule has 21 heavy (non-hydrogen) atoms. The summed E-state index contributed by atoms with van der Waals surface area (Å²) in [5.41, 5.74) is 0.388. The van der Waals surface area contributed by atoms with Gasteiger partial charge in [-0.25, -0.2) is 13.6 Å². The molecule has 2 rings (SSSR count). The van der Waals surface area contributed by atoms with Crippen molar-refractivity contribution in [3.8, 4) is 0 Å². The average molecular weight is 297 g/mol. The second kappa shape index (κ2) is 6.74. The number of benzene rings is 1. The van der Waals surface area contributed by atoms with E-state index in [2.05, 4.69) is 5.32 Å². The van der Waals surface area contributed by atoms with Crippen molar-refractivity contribution >= 4 is 11.7 Å². The van der Waals surface area contributed by atoms with Crippen LogP contribution in [0.3, 0.4) is 0 Å². The predicted octanol–water partition coefficient (Wildman–Crippen LogP) is 2.45. The number of amides is 2. The van der Waals surface area contributed by atoms with Gasteiger partial charge in [0.25, 0.3) is 0 Å². The van der Waals surface area contributed by atoms with Crippen molar-refractivity contribution in [1.82, 2.24) is 10.2 Å². The Hall–Kier alpha value is -1.85. The van der Waals surface area contributed by atoms with E-state index in [1.807, 2.05) is 18.7 Å². The van der Waals surface area contributed by atoms with Crippen molar-refractivity contribution in [1.29, 1.82) is 0 Å². The molecule has 1 aromatic carbocycles. The van der Waals surface area contributed by atoms with Crippen molar-refractivity contribution in [3.05, 3.63) is 29.8 Å². The first-order valence-electron chi connectivity index (χ1n) is 7.20. The van der Waals surface area contributed by atoms with E-state index in [1.54, 1.807) is 4.90 Å². The molecule has 1 aliphatic rings. The smallest absolute Gasteiger partial charge is 0.317 e. The molecule has 1 aromatic rings. The normalized spacial score (nSPS) is 15.5. The van der Waals surface area contributed by atoms with E-state index in [4.69, 9.17) is 0 Å². The Morgan fingerprint density at radius 2 is 1.90 bits per heavy atom. The zero-order chi connectivity index (χ0) is 15.4. The zero-order valence-electron chi connectivity index (χ0n) is 12.4. The molecule has 1 aliphatic heterocycles. The lowest BCUT2D eigenvalue weighted by Gasteiger charge is -2.36. The summed E-state index contributed by atoms with van der Waals surface area (Å²) in [4.78, 5) is 15.5. The van der Waals surface area contributed by atoms with Crippen LogP contribution in [0.4, 0.5) is 19.3 Å². The molecule has 0 radical (unpaired) electrons. The number of urea groups is 1. The molecule has 116 valence electrons. The minimum Gasteiger partial charge on any atom is -0.366 e. The molecule has 1 N–H and O–H groups in total. The van der Waals surface area contributed by atoms with Crippen LogP contribution in [-0.2, 0) is 0 Å². The summed E-state index contributed by atoms with van der Waals surface area (Å²) in [7, 11) is 0. The van der Waals surface area contributed by atoms with Gasteiger partial charge in [-0.05, 0) is 18.1 Å². The van der Waals surface area contributed by atoms with E-state index in [0.29, 0.717) is 44.3 Å². The second-order valence-corrected chi connectivity index (χ2v) is 5.65. The van der Waals surface area contributed by atoms with E-state index in [0.717, 1.165) is 6.07 Å². The molecule has 0 aromatic heterocycles. The number of carbonyl (C=O) groups excluding carboxylic acids is 1. The first kappa shape index (κ1) is 15.5. The maximum atomic E-state index is 13.7. The third-order valence-electron chi connectivity index (χ3n) is 3.48. The maximum absolute atomic E-state index is 13.7. The molecule has 0 spiro atoms. The van der Waals surface area contributed by atoms with Gasteiger partial charge >= 0.3 is 6.03 Å². The average Bonchev–Trinajstić information content (AvgIpc) is 2.45.